The number of anilines is 2. The highest BCUT2D eigenvalue weighted by Crippen LogP contribution is 2.38. The van der Waals surface area contributed by atoms with Crippen LogP contribution < -0.4 is 15.8 Å². The number of para-hydroxylation sites is 1. The van der Waals surface area contributed by atoms with Gasteiger partial charge < -0.3 is 5.73 Å². The van der Waals surface area contributed by atoms with Gasteiger partial charge in [0, 0.05) is 18.0 Å². The van der Waals surface area contributed by atoms with Gasteiger partial charge in [-0.2, -0.15) is 0 Å². The first-order valence-electron chi connectivity index (χ1n) is 5.83. The molecule has 0 saturated carbocycles. The summed E-state index contributed by atoms with van der Waals surface area (Å²) in [5, 5.41) is 2.81. The van der Waals surface area contributed by atoms with E-state index >= 15 is 0 Å². The van der Waals surface area contributed by atoms with Crippen molar-refractivity contribution in [1.82, 2.24) is 4.98 Å². The van der Waals surface area contributed by atoms with Crippen molar-refractivity contribution in [3.05, 3.63) is 53.1 Å². The number of hydrogen-bond donors (Lipinski definition) is 1. The van der Waals surface area contributed by atoms with E-state index in [4.69, 9.17) is 17.3 Å². The number of benzene rings is 1. The van der Waals surface area contributed by atoms with Crippen molar-refractivity contribution < 1.29 is 9.18 Å². The summed E-state index contributed by atoms with van der Waals surface area (Å²) >= 11 is 6.05. The van der Waals surface area contributed by atoms with Gasteiger partial charge in [-0.05, 0) is 18.2 Å². The van der Waals surface area contributed by atoms with Gasteiger partial charge >= 0.3 is 6.03 Å². The molecule has 1 aliphatic heterocycles. The molecule has 0 aliphatic carbocycles. The maximum absolute atomic E-state index is 14.0. The number of halogens is 2. The van der Waals surface area contributed by atoms with E-state index in [0.29, 0.717) is 5.69 Å². The van der Waals surface area contributed by atoms with Crippen molar-refractivity contribution in [1.29, 1.82) is 0 Å². The Bertz CT molecular complexity index is 674. The molecule has 2 N–H and O–H groups in total. The number of primary amides is 1. The predicted octanol–water partition coefficient (Wildman–Crippen LogP) is 2.69. The van der Waals surface area contributed by atoms with E-state index in [2.05, 4.69) is 4.98 Å². The highest BCUT2D eigenvalue weighted by Gasteiger charge is 2.33. The number of hydrogen-bond acceptors (Lipinski definition) is 3. The Labute approximate surface area is 119 Å². The standard InChI is InChI=1S/C13H10ClFN4O/c14-9-2-1-3-10(15)12(9)18-7-8-6-17-5-4-11(8)19(18)13(16)20/h1-6H,7H2,(H2,16,20). The van der Waals surface area contributed by atoms with E-state index in [9.17, 15) is 9.18 Å². The van der Waals surface area contributed by atoms with Crippen molar-refractivity contribution in [2.24, 2.45) is 5.73 Å². The Morgan fingerprint density at radius 1 is 1.40 bits per heavy atom. The first-order chi connectivity index (χ1) is 9.59. The van der Waals surface area contributed by atoms with Gasteiger partial charge in [0.25, 0.3) is 0 Å². The second-order valence-corrected chi connectivity index (χ2v) is 4.69. The third-order valence-corrected chi connectivity index (χ3v) is 3.38. The second kappa shape index (κ2) is 4.64. The molecule has 1 aromatic heterocycles. The second-order valence-electron chi connectivity index (χ2n) is 4.28. The molecule has 3 rings (SSSR count). The van der Waals surface area contributed by atoms with Gasteiger partial charge in [-0.15, -0.1) is 0 Å². The number of carbonyl (C=O) groups excluding carboxylic acids is 1. The highest BCUT2D eigenvalue weighted by atomic mass is 35.5. The Morgan fingerprint density at radius 2 is 2.20 bits per heavy atom. The van der Waals surface area contributed by atoms with Gasteiger partial charge in [0.2, 0.25) is 0 Å². The van der Waals surface area contributed by atoms with Crippen LogP contribution >= 0.6 is 11.6 Å². The van der Waals surface area contributed by atoms with E-state index in [-0.39, 0.29) is 17.3 Å². The SMILES string of the molecule is NC(=O)N1c2ccncc2CN1c1c(F)cccc1Cl. The van der Waals surface area contributed by atoms with Crippen LogP contribution in [0.1, 0.15) is 5.56 Å². The molecule has 5 nitrogen and oxygen atoms in total. The molecule has 102 valence electrons. The molecular formula is C13H10ClFN4O. The fourth-order valence-electron chi connectivity index (χ4n) is 2.26. The molecule has 0 bridgehead atoms. The highest BCUT2D eigenvalue weighted by molar-refractivity contribution is 6.33. The average Bonchev–Trinajstić information content (AvgIpc) is 2.77. The molecule has 0 unspecified atom stereocenters. The summed E-state index contributed by atoms with van der Waals surface area (Å²) in [6.07, 6.45) is 3.15. The van der Waals surface area contributed by atoms with Crippen molar-refractivity contribution in [3.63, 3.8) is 0 Å². The van der Waals surface area contributed by atoms with Crippen molar-refractivity contribution in [2.75, 3.05) is 10.0 Å². The lowest BCUT2D eigenvalue weighted by atomic mass is 10.2. The van der Waals surface area contributed by atoms with E-state index in [0.717, 1.165) is 5.56 Å². The van der Waals surface area contributed by atoms with Gasteiger partial charge in [0.1, 0.15) is 11.5 Å². The maximum atomic E-state index is 14.0. The van der Waals surface area contributed by atoms with Gasteiger partial charge in [0.05, 0.1) is 17.3 Å². The number of amides is 2. The molecule has 2 aromatic rings. The summed E-state index contributed by atoms with van der Waals surface area (Å²) in [6.45, 7) is 0.271. The van der Waals surface area contributed by atoms with Crippen LogP contribution in [0.3, 0.4) is 0 Å². The fourth-order valence-corrected chi connectivity index (χ4v) is 2.52. The number of rotatable bonds is 1. The first-order valence-corrected chi connectivity index (χ1v) is 6.21. The van der Waals surface area contributed by atoms with E-state index < -0.39 is 11.8 Å². The maximum Gasteiger partial charge on any atom is 0.338 e. The van der Waals surface area contributed by atoms with E-state index in [1.165, 1.54) is 22.2 Å². The Kier molecular flexibility index (Phi) is 2.94. The van der Waals surface area contributed by atoms with Crippen LogP contribution in [0, 0.1) is 5.82 Å². The molecule has 0 atom stereocenters. The molecule has 1 aliphatic rings. The summed E-state index contributed by atoms with van der Waals surface area (Å²) in [5.74, 6) is -0.524. The zero-order valence-corrected chi connectivity index (χ0v) is 11.0. The molecular weight excluding hydrogens is 283 g/mol. The Hall–Kier alpha value is -2.34. The summed E-state index contributed by atoms with van der Waals surface area (Å²) < 4.78 is 14.0. The van der Waals surface area contributed by atoms with Crippen LogP contribution in [0.25, 0.3) is 0 Å². The lowest BCUT2D eigenvalue weighted by Gasteiger charge is -2.29. The molecule has 0 fully saturated rings. The van der Waals surface area contributed by atoms with Gasteiger partial charge in [0.15, 0.2) is 0 Å². The lowest BCUT2D eigenvalue weighted by molar-refractivity contribution is 0.253. The Balaban J connectivity index is 2.14. The number of fused-ring (bicyclic) bond motifs is 1. The summed E-state index contributed by atoms with van der Waals surface area (Å²) in [5.41, 5.74) is 6.86. The minimum atomic E-state index is -0.714. The van der Waals surface area contributed by atoms with E-state index in [1.54, 1.807) is 24.5 Å². The summed E-state index contributed by atoms with van der Waals surface area (Å²) in [7, 11) is 0. The zero-order valence-electron chi connectivity index (χ0n) is 10.3. The summed E-state index contributed by atoms with van der Waals surface area (Å²) in [4.78, 5) is 15.7. The van der Waals surface area contributed by atoms with Crippen LogP contribution in [0.15, 0.2) is 36.7 Å². The molecule has 7 heteroatoms. The summed E-state index contributed by atoms with van der Waals surface area (Å²) in [6, 6.07) is 5.27. The normalized spacial score (nSPS) is 13.5. The monoisotopic (exact) mass is 292 g/mol. The van der Waals surface area contributed by atoms with E-state index in [1.807, 2.05) is 0 Å². The average molecular weight is 293 g/mol. The largest absolute Gasteiger partial charge is 0.350 e. The third-order valence-electron chi connectivity index (χ3n) is 3.07. The van der Waals surface area contributed by atoms with Crippen molar-refractivity contribution in [2.45, 2.75) is 6.54 Å². The number of pyridine rings is 1. The van der Waals surface area contributed by atoms with Crippen LogP contribution in [-0.4, -0.2) is 11.0 Å². The number of nitrogens with two attached hydrogens (primary N) is 1. The topological polar surface area (TPSA) is 62.5 Å². The molecule has 20 heavy (non-hydrogen) atoms. The smallest absolute Gasteiger partial charge is 0.338 e. The third kappa shape index (κ3) is 1.85. The predicted molar refractivity (Wildman–Crippen MR) is 73.9 cm³/mol. The number of carbonyl (C=O) groups is 1. The molecule has 1 aromatic carbocycles. The number of nitrogens with zero attached hydrogens (tertiary/aromatic N) is 3. The lowest BCUT2D eigenvalue weighted by Crippen LogP contribution is -2.46. The number of hydrazine groups is 1. The van der Waals surface area contributed by atoms with Crippen LogP contribution in [-0.2, 0) is 6.54 Å². The van der Waals surface area contributed by atoms with Crippen LogP contribution in [0.4, 0.5) is 20.6 Å². The molecule has 2 amide bonds. The Morgan fingerprint density at radius 3 is 2.90 bits per heavy atom. The fraction of sp³-hybridized carbons (Fsp3) is 0.0769. The number of urea groups is 1. The van der Waals surface area contributed by atoms with Gasteiger partial charge in [-0.1, -0.05) is 17.7 Å². The minimum Gasteiger partial charge on any atom is -0.350 e. The molecule has 2 heterocycles. The number of aromatic nitrogens is 1. The van der Waals surface area contributed by atoms with Crippen molar-refractivity contribution in [3.8, 4) is 0 Å². The van der Waals surface area contributed by atoms with Crippen molar-refractivity contribution >= 4 is 29.0 Å². The molecule has 0 spiro atoms. The zero-order chi connectivity index (χ0) is 14.3. The molecule has 0 radical (unpaired) electrons. The molecule has 0 saturated heterocycles. The quantitative estimate of drug-likeness (QED) is 0.879. The van der Waals surface area contributed by atoms with Crippen LogP contribution in [0.2, 0.25) is 5.02 Å². The first kappa shape index (κ1) is 12.7. The van der Waals surface area contributed by atoms with Gasteiger partial charge in [-0.3, -0.25) is 9.99 Å². The minimum absolute atomic E-state index is 0.115. The van der Waals surface area contributed by atoms with Crippen LogP contribution in [0.5, 0.6) is 0 Å². The van der Waals surface area contributed by atoms with Gasteiger partial charge in [-0.25, -0.2) is 14.2 Å².